The Balaban J connectivity index is 1.32. The molecule has 5 rings (SSSR count). The number of anilines is 2. The zero-order valence-corrected chi connectivity index (χ0v) is 23.7. The molecule has 0 atom stereocenters. The van der Waals surface area contributed by atoms with Crippen LogP contribution in [0.4, 0.5) is 11.4 Å². The first-order chi connectivity index (χ1) is 20.7. The lowest BCUT2D eigenvalue weighted by Gasteiger charge is -2.34. The zero-order chi connectivity index (χ0) is 30.5. The van der Waals surface area contributed by atoms with Gasteiger partial charge in [-0.25, -0.2) is 4.79 Å². The van der Waals surface area contributed by atoms with Crippen LogP contribution in [0.1, 0.15) is 37.4 Å². The maximum atomic E-state index is 13.2. The van der Waals surface area contributed by atoms with Crippen LogP contribution in [-0.4, -0.2) is 89.6 Å². The number of aryl methyl sites for hydroxylation is 1. The smallest absolute Gasteiger partial charge is 0.336 e. The van der Waals surface area contributed by atoms with Gasteiger partial charge in [0, 0.05) is 49.5 Å². The van der Waals surface area contributed by atoms with Gasteiger partial charge in [0.15, 0.2) is 0 Å². The molecule has 43 heavy (non-hydrogen) atoms. The largest absolute Gasteiger partial charge is 0.478 e. The second-order valence-electron chi connectivity index (χ2n) is 10.4. The van der Waals surface area contributed by atoms with E-state index in [1.165, 1.54) is 6.07 Å². The summed E-state index contributed by atoms with van der Waals surface area (Å²) in [4.78, 5) is 54.0. The number of carbonyl (C=O) groups excluding carboxylic acids is 3. The van der Waals surface area contributed by atoms with E-state index in [1.807, 2.05) is 30.3 Å². The molecular weight excluding hydrogens is 550 g/mol. The first kappa shape index (κ1) is 29.5. The van der Waals surface area contributed by atoms with Crippen LogP contribution in [0.15, 0.2) is 66.7 Å². The molecule has 3 aromatic rings. The van der Waals surface area contributed by atoms with Gasteiger partial charge in [0.2, 0.25) is 5.91 Å². The van der Waals surface area contributed by atoms with Crippen LogP contribution in [0, 0.1) is 6.92 Å². The van der Waals surface area contributed by atoms with Gasteiger partial charge in [-0.2, -0.15) is 0 Å². The fourth-order valence-corrected chi connectivity index (χ4v) is 5.27. The van der Waals surface area contributed by atoms with E-state index in [1.54, 1.807) is 42.2 Å². The van der Waals surface area contributed by atoms with Crippen molar-refractivity contribution in [2.24, 2.45) is 0 Å². The van der Waals surface area contributed by atoms with Crippen molar-refractivity contribution in [1.82, 2.24) is 15.1 Å². The van der Waals surface area contributed by atoms with Crippen molar-refractivity contribution < 1.29 is 29.4 Å². The highest BCUT2D eigenvalue weighted by atomic mass is 16.4. The van der Waals surface area contributed by atoms with Gasteiger partial charge in [-0.3, -0.25) is 19.3 Å². The molecule has 1 fully saturated rings. The number of carbonyl (C=O) groups is 4. The Hall–Kier alpha value is -5.00. The van der Waals surface area contributed by atoms with E-state index >= 15 is 0 Å². The summed E-state index contributed by atoms with van der Waals surface area (Å²) in [7, 11) is 0. The van der Waals surface area contributed by atoms with Crippen LogP contribution in [-0.2, 0) is 9.59 Å². The summed E-state index contributed by atoms with van der Waals surface area (Å²) in [6.07, 6.45) is 0. The summed E-state index contributed by atoms with van der Waals surface area (Å²) in [5.41, 5.74) is 4.32. The van der Waals surface area contributed by atoms with Gasteiger partial charge < -0.3 is 31.1 Å². The number of aromatic carboxylic acids is 1. The third-order valence-electron chi connectivity index (χ3n) is 7.61. The standard InChI is InChI=1S/C32H33N5O6/c1-20-17-25-26(18-24(20)32(42)43)35-31(41)28(25)29(21-5-3-2-4-6-21)34-23-9-7-22(8-10-23)30(40)33-19-27(39)37-13-11-36(12-14-37)15-16-38/h2-10,17-18,34,38H,11-16,19H2,1H3,(H,33,40)(H,35,41)(H,42,43). The van der Waals surface area contributed by atoms with E-state index in [-0.39, 0.29) is 36.4 Å². The first-order valence-electron chi connectivity index (χ1n) is 14.0. The number of piperazine rings is 1. The Morgan fingerprint density at radius 2 is 1.63 bits per heavy atom. The zero-order valence-electron chi connectivity index (χ0n) is 23.7. The topological polar surface area (TPSA) is 151 Å². The quantitative estimate of drug-likeness (QED) is 0.241. The number of amides is 3. The minimum atomic E-state index is -1.07. The Morgan fingerprint density at radius 3 is 2.28 bits per heavy atom. The fraction of sp³-hybridized carbons (Fsp3) is 0.250. The molecule has 3 amide bonds. The second kappa shape index (κ2) is 12.9. The summed E-state index contributed by atoms with van der Waals surface area (Å²) < 4.78 is 0. The van der Waals surface area contributed by atoms with Gasteiger partial charge in [-0.15, -0.1) is 0 Å². The number of hydrogen-bond acceptors (Lipinski definition) is 7. The predicted molar refractivity (Wildman–Crippen MR) is 163 cm³/mol. The van der Waals surface area contributed by atoms with Crippen molar-refractivity contribution in [1.29, 1.82) is 0 Å². The number of aliphatic hydroxyl groups is 1. The van der Waals surface area contributed by atoms with Crippen LogP contribution in [0.5, 0.6) is 0 Å². The van der Waals surface area contributed by atoms with Gasteiger partial charge in [0.1, 0.15) is 0 Å². The summed E-state index contributed by atoms with van der Waals surface area (Å²) >= 11 is 0. The summed E-state index contributed by atoms with van der Waals surface area (Å²) in [6, 6.07) is 19.2. The lowest BCUT2D eigenvalue weighted by Crippen LogP contribution is -2.51. The average molecular weight is 584 g/mol. The minimum Gasteiger partial charge on any atom is -0.478 e. The third-order valence-corrected chi connectivity index (χ3v) is 7.61. The van der Waals surface area contributed by atoms with Crippen molar-refractivity contribution >= 4 is 46.3 Å². The molecule has 1 saturated heterocycles. The van der Waals surface area contributed by atoms with Crippen LogP contribution >= 0.6 is 0 Å². The lowest BCUT2D eigenvalue weighted by molar-refractivity contribution is -0.131. The Morgan fingerprint density at radius 1 is 0.930 bits per heavy atom. The molecule has 0 aromatic heterocycles. The van der Waals surface area contributed by atoms with E-state index in [0.29, 0.717) is 72.1 Å². The molecule has 3 aromatic carbocycles. The maximum Gasteiger partial charge on any atom is 0.336 e. The van der Waals surface area contributed by atoms with Crippen LogP contribution in [0.25, 0.3) is 11.3 Å². The molecular formula is C32H33N5O6. The van der Waals surface area contributed by atoms with Gasteiger partial charge in [-0.1, -0.05) is 30.3 Å². The van der Waals surface area contributed by atoms with Crippen LogP contribution in [0.2, 0.25) is 0 Å². The van der Waals surface area contributed by atoms with E-state index in [0.717, 1.165) is 5.56 Å². The number of nitrogens with zero attached hydrogens (tertiary/aromatic N) is 2. The molecule has 11 nitrogen and oxygen atoms in total. The monoisotopic (exact) mass is 583 g/mol. The van der Waals surface area contributed by atoms with E-state index in [9.17, 15) is 24.3 Å². The summed E-state index contributed by atoms with van der Waals surface area (Å²) in [5.74, 6) is -1.97. The Kier molecular flexibility index (Phi) is 8.84. The number of hydrogen-bond donors (Lipinski definition) is 5. The number of carboxylic acids is 1. The predicted octanol–water partition coefficient (Wildman–Crippen LogP) is 2.49. The maximum absolute atomic E-state index is 13.2. The SMILES string of the molecule is Cc1cc2c(cc1C(=O)O)NC(=O)C2=C(Nc1ccc(C(=O)NCC(=O)N2CCN(CCO)CC2)cc1)c1ccccc1. The normalized spacial score (nSPS) is 15.9. The molecule has 2 aliphatic heterocycles. The number of nitrogens with one attached hydrogen (secondary N) is 3. The molecule has 0 radical (unpaired) electrons. The molecule has 0 bridgehead atoms. The second-order valence-corrected chi connectivity index (χ2v) is 10.4. The molecule has 0 aliphatic carbocycles. The van der Waals surface area contributed by atoms with E-state index in [4.69, 9.17) is 5.11 Å². The average Bonchev–Trinajstić information content (AvgIpc) is 3.33. The molecule has 0 unspecified atom stereocenters. The fourth-order valence-electron chi connectivity index (χ4n) is 5.27. The lowest BCUT2D eigenvalue weighted by atomic mass is 9.96. The number of rotatable bonds is 9. The molecule has 0 spiro atoms. The highest BCUT2D eigenvalue weighted by Crippen LogP contribution is 2.39. The Labute approximate surface area is 248 Å². The number of fused-ring (bicyclic) bond motifs is 1. The number of carboxylic acid groups (broad SMARTS) is 1. The van der Waals surface area contributed by atoms with Crippen LogP contribution < -0.4 is 16.0 Å². The third kappa shape index (κ3) is 6.58. The van der Waals surface area contributed by atoms with Gasteiger partial charge >= 0.3 is 5.97 Å². The van der Waals surface area contributed by atoms with E-state index in [2.05, 4.69) is 20.9 Å². The van der Waals surface area contributed by atoms with Crippen molar-refractivity contribution in [3.63, 3.8) is 0 Å². The molecule has 0 saturated carbocycles. The molecule has 222 valence electrons. The number of β-amino-alcohol motifs (C(OH)–C–C–N with tert-alkyl or cyclic N) is 1. The number of benzene rings is 3. The van der Waals surface area contributed by atoms with Crippen molar-refractivity contribution in [3.8, 4) is 0 Å². The van der Waals surface area contributed by atoms with Crippen molar-refractivity contribution in [3.05, 3.63) is 94.5 Å². The first-order valence-corrected chi connectivity index (χ1v) is 14.0. The highest BCUT2D eigenvalue weighted by Gasteiger charge is 2.30. The molecule has 11 heteroatoms. The van der Waals surface area contributed by atoms with E-state index < -0.39 is 5.97 Å². The molecule has 5 N–H and O–H groups in total. The summed E-state index contributed by atoms with van der Waals surface area (Å²) in [5, 5.41) is 27.4. The Bertz CT molecular complexity index is 1580. The van der Waals surface area contributed by atoms with Gasteiger partial charge in [0.05, 0.1) is 35.7 Å². The van der Waals surface area contributed by atoms with Gasteiger partial charge in [0.25, 0.3) is 11.8 Å². The molecule has 2 aliphatic rings. The van der Waals surface area contributed by atoms with Crippen molar-refractivity contribution in [2.75, 3.05) is 56.5 Å². The minimum absolute atomic E-state index is 0.0850. The number of aliphatic hydroxyl groups excluding tert-OH is 1. The molecule has 2 heterocycles. The van der Waals surface area contributed by atoms with Gasteiger partial charge in [-0.05, 0) is 54.4 Å². The summed E-state index contributed by atoms with van der Waals surface area (Å²) in [6.45, 7) is 4.73. The van der Waals surface area contributed by atoms with Crippen molar-refractivity contribution in [2.45, 2.75) is 6.92 Å². The van der Waals surface area contributed by atoms with Crippen LogP contribution in [0.3, 0.4) is 0 Å². The highest BCUT2D eigenvalue weighted by molar-refractivity contribution is 6.37.